The first-order valence-corrected chi connectivity index (χ1v) is 4.44. The number of amides is 2. The van der Waals surface area contributed by atoms with Crippen LogP contribution in [0.4, 0.5) is 0 Å². The summed E-state index contributed by atoms with van der Waals surface area (Å²) in [5.41, 5.74) is 0. The first kappa shape index (κ1) is 11.2. The maximum atomic E-state index is 11.3. The first-order chi connectivity index (χ1) is 7.09. The molecule has 0 bridgehead atoms. The van der Waals surface area contributed by atoms with Crippen molar-refractivity contribution in [3.05, 3.63) is 10.1 Å². The predicted octanol–water partition coefficient (Wildman–Crippen LogP) is -1.41. The molecule has 2 amide bonds. The van der Waals surface area contributed by atoms with Crippen molar-refractivity contribution in [1.29, 1.82) is 0 Å². The van der Waals surface area contributed by atoms with Crippen LogP contribution in [-0.2, 0) is 14.4 Å². The van der Waals surface area contributed by atoms with Crippen molar-refractivity contribution in [2.75, 3.05) is 13.2 Å². The molecule has 15 heavy (non-hydrogen) atoms. The fourth-order valence-corrected chi connectivity index (χ4v) is 1.23. The van der Waals surface area contributed by atoms with E-state index in [0.29, 0.717) is 12.8 Å². The standard InChI is InChI=1S/C7H11N3O5/c11-6-2-1-5(9-6)7(12)8-3-4-15-10(13)14/h5H,1-4H2,(H,8,12)(H,9,11)/t5-/m0/s1. The molecular weight excluding hydrogens is 206 g/mol. The maximum Gasteiger partial charge on any atom is 0.294 e. The van der Waals surface area contributed by atoms with Crippen molar-refractivity contribution in [1.82, 2.24) is 10.6 Å². The minimum atomic E-state index is -0.927. The van der Waals surface area contributed by atoms with Crippen molar-refractivity contribution < 1.29 is 19.5 Å². The van der Waals surface area contributed by atoms with Gasteiger partial charge in [-0.3, -0.25) is 9.59 Å². The Kier molecular flexibility index (Phi) is 3.83. The van der Waals surface area contributed by atoms with E-state index in [1.165, 1.54) is 0 Å². The third-order valence-corrected chi connectivity index (χ3v) is 1.91. The molecule has 0 aromatic heterocycles. The van der Waals surface area contributed by atoms with E-state index in [1.807, 2.05) is 0 Å². The van der Waals surface area contributed by atoms with Crippen LogP contribution >= 0.6 is 0 Å². The SMILES string of the molecule is O=C1CC[C@@H](C(=O)NCCO[N+](=O)[O-])N1. The van der Waals surface area contributed by atoms with Crippen LogP contribution in [-0.4, -0.2) is 36.1 Å². The van der Waals surface area contributed by atoms with E-state index < -0.39 is 11.1 Å². The highest BCUT2D eigenvalue weighted by Crippen LogP contribution is 2.05. The average molecular weight is 217 g/mol. The molecule has 8 heteroatoms. The Morgan fingerprint density at radius 1 is 1.73 bits per heavy atom. The number of carbonyl (C=O) groups excluding carboxylic acids is 2. The fourth-order valence-electron chi connectivity index (χ4n) is 1.23. The second-order valence-electron chi connectivity index (χ2n) is 3.01. The van der Waals surface area contributed by atoms with Crippen LogP contribution in [0.25, 0.3) is 0 Å². The van der Waals surface area contributed by atoms with E-state index in [-0.39, 0.29) is 25.0 Å². The Balaban J connectivity index is 2.13. The van der Waals surface area contributed by atoms with Gasteiger partial charge < -0.3 is 15.5 Å². The quantitative estimate of drug-likeness (QED) is 0.334. The lowest BCUT2D eigenvalue weighted by molar-refractivity contribution is -0.757. The molecule has 1 aliphatic rings. The van der Waals surface area contributed by atoms with Crippen LogP contribution in [0.5, 0.6) is 0 Å². The van der Waals surface area contributed by atoms with Gasteiger partial charge in [-0.15, -0.1) is 10.1 Å². The predicted molar refractivity (Wildman–Crippen MR) is 47.1 cm³/mol. The van der Waals surface area contributed by atoms with E-state index in [2.05, 4.69) is 15.5 Å². The lowest BCUT2D eigenvalue weighted by Gasteiger charge is -2.09. The summed E-state index contributed by atoms with van der Waals surface area (Å²) in [5, 5.41) is 13.7. The minimum absolute atomic E-state index is 0.0478. The molecule has 1 heterocycles. The monoisotopic (exact) mass is 217 g/mol. The molecule has 2 N–H and O–H groups in total. The molecule has 0 saturated carbocycles. The maximum absolute atomic E-state index is 11.3. The van der Waals surface area contributed by atoms with Crippen LogP contribution in [0.2, 0.25) is 0 Å². The van der Waals surface area contributed by atoms with E-state index in [0.717, 1.165) is 0 Å². The van der Waals surface area contributed by atoms with Crippen molar-refractivity contribution in [3.8, 4) is 0 Å². The van der Waals surface area contributed by atoms with E-state index >= 15 is 0 Å². The minimum Gasteiger partial charge on any atom is -0.352 e. The summed E-state index contributed by atoms with van der Waals surface area (Å²) >= 11 is 0. The number of hydrogen-bond acceptors (Lipinski definition) is 5. The molecule has 8 nitrogen and oxygen atoms in total. The Labute approximate surface area is 85.1 Å². The van der Waals surface area contributed by atoms with Gasteiger partial charge in [-0.25, -0.2) is 0 Å². The van der Waals surface area contributed by atoms with Crippen molar-refractivity contribution in [2.24, 2.45) is 0 Å². The third kappa shape index (κ3) is 3.79. The zero-order chi connectivity index (χ0) is 11.3. The van der Waals surface area contributed by atoms with Gasteiger partial charge in [0.15, 0.2) is 0 Å². The van der Waals surface area contributed by atoms with Gasteiger partial charge in [-0.2, -0.15) is 0 Å². The zero-order valence-corrected chi connectivity index (χ0v) is 7.89. The molecule has 1 fully saturated rings. The van der Waals surface area contributed by atoms with Gasteiger partial charge in [0.05, 0.1) is 0 Å². The smallest absolute Gasteiger partial charge is 0.294 e. The molecule has 0 aliphatic carbocycles. The van der Waals surface area contributed by atoms with Gasteiger partial charge in [-0.1, -0.05) is 0 Å². The van der Waals surface area contributed by atoms with E-state index in [9.17, 15) is 19.7 Å². The molecule has 0 radical (unpaired) electrons. The molecule has 1 rings (SSSR count). The number of nitrogens with zero attached hydrogens (tertiary/aromatic N) is 1. The van der Waals surface area contributed by atoms with Crippen LogP contribution in [0.15, 0.2) is 0 Å². The highest BCUT2D eigenvalue weighted by atomic mass is 16.9. The van der Waals surface area contributed by atoms with Gasteiger partial charge in [0, 0.05) is 13.0 Å². The average Bonchev–Trinajstić information content (AvgIpc) is 2.59. The fraction of sp³-hybridized carbons (Fsp3) is 0.714. The lowest BCUT2D eigenvalue weighted by atomic mass is 10.2. The largest absolute Gasteiger partial charge is 0.352 e. The van der Waals surface area contributed by atoms with Crippen LogP contribution in [0.3, 0.4) is 0 Å². The number of rotatable bonds is 5. The Bertz CT molecular complexity index is 280. The van der Waals surface area contributed by atoms with Crippen molar-refractivity contribution in [3.63, 3.8) is 0 Å². The number of nitrogens with one attached hydrogen (secondary N) is 2. The lowest BCUT2D eigenvalue weighted by Crippen LogP contribution is -2.42. The van der Waals surface area contributed by atoms with Gasteiger partial charge in [0.1, 0.15) is 12.6 Å². The Morgan fingerprint density at radius 2 is 2.47 bits per heavy atom. The Hall–Kier alpha value is -1.86. The zero-order valence-electron chi connectivity index (χ0n) is 7.89. The highest BCUT2D eigenvalue weighted by molar-refractivity contribution is 5.90. The van der Waals surface area contributed by atoms with Crippen LogP contribution in [0.1, 0.15) is 12.8 Å². The second kappa shape index (κ2) is 5.13. The second-order valence-corrected chi connectivity index (χ2v) is 3.01. The molecule has 0 aromatic carbocycles. The van der Waals surface area contributed by atoms with Crippen molar-refractivity contribution >= 4 is 11.8 Å². The van der Waals surface area contributed by atoms with Crippen LogP contribution in [0, 0.1) is 10.1 Å². The van der Waals surface area contributed by atoms with Gasteiger partial charge >= 0.3 is 0 Å². The number of carbonyl (C=O) groups is 2. The highest BCUT2D eigenvalue weighted by Gasteiger charge is 2.26. The molecule has 1 aliphatic heterocycles. The third-order valence-electron chi connectivity index (χ3n) is 1.91. The summed E-state index contributed by atoms with van der Waals surface area (Å²) in [7, 11) is 0. The molecule has 0 aromatic rings. The molecule has 0 spiro atoms. The van der Waals surface area contributed by atoms with E-state index in [4.69, 9.17) is 0 Å². The topological polar surface area (TPSA) is 111 Å². The summed E-state index contributed by atoms with van der Waals surface area (Å²) in [6.07, 6.45) is 0.796. The summed E-state index contributed by atoms with van der Waals surface area (Å²) in [5.74, 6) is -0.496. The van der Waals surface area contributed by atoms with Gasteiger partial charge in [-0.05, 0) is 6.42 Å². The normalized spacial score (nSPS) is 19.5. The van der Waals surface area contributed by atoms with Gasteiger partial charge in [0.2, 0.25) is 11.8 Å². The first-order valence-electron chi connectivity index (χ1n) is 4.44. The molecule has 1 saturated heterocycles. The Morgan fingerprint density at radius 3 is 3.00 bits per heavy atom. The summed E-state index contributed by atoms with van der Waals surface area (Å²) in [6, 6.07) is -0.520. The molecule has 84 valence electrons. The summed E-state index contributed by atoms with van der Waals surface area (Å²) < 4.78 is 0. The number of hydrogen-bond donors (Lipinski definition) is 2. The van der Waals surface area contributed by atoms with Gasteiger partial charge in [0.25, 0.3) is 5.09 Å². The summed E-state index contributed by atoms with van der Waals surface area (Å²) in [4.78, 5) is 35.8. The van der Waals surface area contributed by atoms with Crippen molar-refractivity contribution in [2.45, 2.75) is 18.9 Å². The van der Waals surface area contributed by atoms with Crippen LogP contribution < -0.4 is 10.6 Å². The summed E-state index contributed by atoms with van der Waals surface area (Å²) in [6.45, 7) is -0.147. The molecular formula is C7H11N3O5. The molecule has 0 unspecified atom stereocenters. The van der Waals surface area contributed by atoms with E-state index in [1.54, 1.807) is 0 Å². The molecule has 1 atom stereocenters.